The molecule has 2 N–H and O–H groups in total. The molecular weight excluding hydrogens is 250 g/mol. The van der Waals surface area contributed by atoms with Gasteiger partial charge >= 0.3 is 0 Å². The van der Waals surface area contributed by atoms with Gasteiger partial charge in [-0.05, 0) is 24.7 Å². The summed E-state index contributed by atoms with van der Waals surface area (Å²) in [6.07, 6.45) is 1.99. The van der Waals surface area contributed by atoms with Crippen molar-refractivity contribution < 1.29 is 4.79 Å². The topological polar surface area (TPSA) is 46.1 Å². The number of nitrogens with zero attached hydrogens (tertiary/aromatic N) is 1. The van der Waals surface area contributed by atoms with Crippen molar-refractivity contribution in [3.05, 3.63) is 35.0 Å². The van der Waals surface area contributed by atoms with Gasteiger partial charge in [-0.25, -0.2) is 0 Å². The molecule has 0 radical (unpaired) electrons. The van der Waals surface area contributed by atoms with E-state index in [-0.39, 0.29) is 5.91 Å². The fraction of sp³-hybridized carbons (Fsp3) is 0.308. The van der Waals surface area contributed by atoms with E-state index >= 15 is 0 Å². The standard InChI is InChI=1S/C13H16ClN3O/c1-15-6-9-7-17(8-13(18)16-2)12-5-10(14)3-4-11(9)12/h3-5,7,15H,6,8H2,1-2H3,(H,16,18). The number of nitrogens with one attached hydrogen (secondary N) is 2. The number of carbonyl (C=O) groups is 1. The van der Waals surface area contributed by atoms with Crippen molar-refractivity contribution in [2.45, 2.75) is 13.1 Å². The Morgan fingerprint density at radius 2 is 2.17 bits per heavy atom. The Hall–Kier alpha value is -1.52. The van der Waals surface area contributed by atoms with Crippen LogP contribution in [-0.4, -0.2) is 24.6 Å². The van der Waals surface area contributed by atoms with Crippen LogP contribution in [-0.2, 0) is 17.9 Å². The number of likely N-dealkylation sites (N-methyl/N-ethyl adjacent to an activating group) is 1. The summed E-state index contributed by atoms with van der Waals surface area (Å²) in [6, 6.07) is 5.75. The van der Waals surface area contributed by atoms with Gasteiger partial charge in [0.25, 0.3) is 0 Å². The van der Waals surface area contributed by atoms with Gasteiger partial charge in [0.1, 0.15) is 6.54 Å². The van der Waals surface area contributed by atoms with E-state index in [1.54, 1.807) is 7.05 Å². The molecule has 1 amide bonds. The van der Waals surface area contributed by atoms with Crippen LogP contribution in [0.4, 0.5) is 0 Å². The molecule has 1 heterocycles. The Balaban J connectivity index is 2.50. The fourth-order valence-electron chi connectivity index (χ4n) is 2.04. The summed E-state index contributed by atoms with van der Waals surface area (Å²) in [7, 11) is 3.54. The molecule has 2 aromatic rings. The van der Waals surface area contributed by atoms with Crippen molar-refractivity contribution in [1.82, 2.24) is 15.2 Å². The number of hydrogen-bond donors (Lipinski definition) is 2. The van der Waals surface area contributed by atoms with Crippen LogP contribution in [0.3, 0.4) is 0 Å². The number of hydrogen-bond acceptors (Lipinski definition) is 2. The van der Waals surface area contributed by atoms with Crippen LogP contribution >= 0.6 is 11.6 Å². The Kier molecular flexibility index (Phi) is 3.89. The van der Waals surface area contributed by atoms with Crippen LogP contribution in [0.2, 0.25) is 5.02 Å². The lowest BCUT2D eigenvalue weighted by atomic mass is 10.2. The molecule has 0 aliphatic heterocycles. The molecule has 0 spiro atoms. The third-order valence-corrected chi connectivity index (χ3v) is 3.12. The Morgan fingerprint density at radius 3 is 2.83 bits per heavy atom. The van der Waals surface area contributed by atoms with Gasteiger partial charge in [0.05, 0.1) is 5.52 Å². The summed E-state index contributed by atoms with van der Waals surface area (Å²) in [6.45, 7) is 1.07. The summed E-state index contributed by atoms with van der Waals surface area (Å²) in [5.41, 5.74) is 2.14. The number of amides is 1. The molecule has 4 nitrogen and oxygen atoms in total. The maximum absolute atomic E-state index is 11.5. The van der Waals surface area contributed by atoms with E-state index in [9.17, 15) is 4.79 Å². The second-order valence-electron chi connectivity index (χ2n) is 4.15. The SMILES string of the molecule is CNCc1cn(CC(=O)NC)c2cc(Cl)ccc12. The third-order valence-electron chi connectivity index (χ3n) is 2.89. The molecule has 5 heteroatoms. The van der Waals surface area contributed by atoms with E-state index in [2.05, 4.69) is 10.6 Å². The van der Waals surface area contributed by atoms with Crippen molar-refractivity contribution in [1.29, 1.82) is 0 Å². The Bertz CT molecular complexity index is 577. The van der Waals surface area contributed by atoms with E-state index < -0.39 is 0 Å². The molecule has 1 aromatic carbocycles. The normalized spacial score (nSPS) is 10.8. The summed E-state index contributed by atoms with van der Waals surface area (Å²) in [5.74, 6) is -0.0251. The van der Waals surface area contributed by atoms with E-state index in [0.717, 1.165) is 23.0 Å². The number of halogens is 1. The number of benzene rings is 1. The van der Waals surface area contributed by atoms with Gasteiger partial charge in [0.2, 0.25) is 5.91 Å². The van der Waals surface area contributed by atoms with Crippen molar-refractivity contribution in [3.8, 4) is 0 Å². The molecule has 18 heavy (non-hydrogen) atoms. The highest BCUT2D eigenvalue weighted by Crippen LogP contribution is 2.24. The number of aromatic nitrogens is 1. The fourth-order valence-corrected chi connectivity index (χ4v) is 2.20. The smallest absolute Gasteiger partial charge is 0.239 e. The molecule has 2 rings (SSSR count). The summed E-state index contributed by atoms with van der Waals surface area (Å²) in [4.78, 5) is 11.5. The van der Waals surface area contributed by atoms with E-state index in [1.165, 1.54) is 0 Å². The molecule has 0 bridgehead atoms. The minimum Gasteiger partial charge on any atom is -0.358 e. The zero-order valence-electron chi connectivity index (χ0n) is 10.5. The van der Waals surface area contributed by atoms with Crippen molar-refractivity contribution >= 4 is 28.4 Å². The summed E-state index contributed by atoms with van der Waals surface area (Å²) >= 11 is 6.02. The first-order chi connectivity index (χ1) is 8.65. The van der Waals surface area contributed by atoms with Crippen LogP contribution in [0.5, 0.6) is 0 Å². The van der Waals surface area contributed by atoms with Gasteiger partial charge in [0.15, 0.2) is 0 Å². The molecule has 96 valence electrons. The van der Waals surface area contributed by atoms with Crippen LogP contribution < -0.4 is 10.6 Å². The first-order valence-electron chi connectivity index (χ1n) is 5.78. The summed E-state index contributed by atoms with van der Waals surface area (Å²) < 4.78 is 1.92. The van der Waals surface area contributed by atoms with Gasteiger partial charge in [-0.1, -0.05) is 17.7 Å². The van der Waals surface area contributed by atoms with Crippen molar-refractivity contribution in [2.24, 2.45) is 0 Å². The molecule has 0 aliphatic rings. The van der Waals surface area contributed by atoms with Crippen LogP contribution in [0.25, 0.3) is 10.9 Å². The molecule has 0 saturated heterocycles. The predicted octanol–water partition coefficient (Wildman–Crippen LogP) is 1.76. The van der Waals surface area contributed by atoms with E-state index in [4.69, 9.17) is 11.6 Å². The lowest BCUT2D eigenvalue weighted by molar-refractivity contribution is -0.121. The summed E-state index contributed by atoms with van der Waals surface area (Å²) in [5, 5.41) is 7.55. The lowest BCUT2D eigenvalue weighted by Crippen LogP contribution is -2.23. The number of carbonyl (C=O) groups excluding carboxylic acids is 1. The van der Waals surface area contributed by atoms with Gasteiger partial charge in [-0.3, -0.25) is 4.79 Å². The molecule has 0 fully saturated rings. The number of fused-ring (bicyclic) bond motifs is 1. The second-order valence-corrected chi connectivity index (χ2v) is 4.58. The largest absolute Gasteiger partial charge is 0.358 e. The zero-order valence-corrected chi connectivity index (χ0v) is 11.2. The Morgan fingerprint density at radius 1 is 1.39 bits per heavy atom. The molecular formula is C13H16ClN3O. The van der Waals surface area contributed by atoms with Gasteiger partial charge in [-0.15, -0.1) is 0 Å². The maximum atomic E-state index is 11.5. The number of rotatable bonds is 4. The highest BCUT2D eigenvalue weighted by atomic mass is 35.5. The van der Waals surface area contributed by atoms with Gasteiger partial charge in [0, 0.05) is 30.2 Å². The minimum absolute atomic E-state index is 0.0251. The highest BCUT2D eigenvalue weighted by Gasteiger charge is 2.10. The molecule has 0 atom stereocenters. The van der Waals surface area contributed by atoms with Crippen LogP contribution in [0.15, 0.2) is 24.4 Å². The maximum Gasteiger partial charge on any atom is 0.239 e. The predicted molar refractivity (Wildman–Crippen MR) is 73.8 cm³/mol. The van der Waals surface area contributed by atoms with Gasteiger partial charge in [-0.2, -0.15) is 0 Å². The van der Waals surface area contributed by atoms with Crippen molar-refractivity contribution in [2.75, 3.05) is 14.1 Å². The molecule has 0 saturated carbocycles. The van der Waals surface area contributed by atoms with Crippen LogP contribution in [0, 0.1) is 0 Å². The quantitative estimate of drug-likeness (QED) is 0.885. The minimum atomic E-state index is -0.0251. The third kappa shape index (κ3) is 2.49. The van der Waals surface area contributed by atoms with Gasteiger partial charge < -0.3 is 15.2 Å². The second kappa shape index (κ2) is 5.42. The average molecular weight is 266 g/mol. The van der Waals surface area contributed by atoms with E-state index in [0.29, 0.717) is 11.6 Å². The van der Waals surface area contributed by atoms with E-state index in [1.807, 2.05) is 36.0 Å². The molecule has 1 aromatic heterocycles. The lowest BCUT2D eigenvalue weighted by Gasteiger charge is -2.04. The highest BCUT2D eigenvalue weighted by molar-refractivity contribution is 6.31. The van der Waals surface area contributed by atoms with Crippen molar-refractivity contribution in [3.63, 3.8) is 0 Å². The first-order valence-corrected chi connectivity index (χ1v) is 6.16. The Labute approximate surface area is 111 Å². The van der Waals surface area contributed by atoms with Crippen LogP contribution in [0.1, 0.15) is 5.56 Å². The monoisotopic (exact) mass is 265 g/mol. The average Bonchev–Trinajstić information content (AvgIpc) is 2.67. The molecule has 0 aliphatic carbocycles. The first kappa shape index (κ1) is 12.9. The zero-order chi connectivity index (χ0) is 13.1. The molecule has 0 unspecified atom stereocenters.